The Morgan fingerprint density at radius 3 is 1.24 bits per heavy atom. The Morgan fingerprint density at radius 2 is 0.778 bits per heavy atom. The number of carbonyl (C=O) groups is 1. The van der Waals surface area contributed by atoms with Gasteiger partial charge in [0.05, 0.1) is 38.6 Å². The van der Waals surface area contributed by atoms with E-state index in [1.54, 1.807) is 6.08 Å². The maximum Gasteiger partial charge on any atom is 0.220 e. The summed E-state index contributed by atoms with van der Waals surface area (Å²) in [6.07, 6.45) is 38.7. The van der Waals surface area contributed by atoms with Gasteiger partial charge in [-0.1, -0.05) is 234 Å². The van der Waals surface area contributed by atoms with Gasteiger partial charge in [-0.25, -0.2) is 0 Å². The summed E-state index contributed by atoms with van der Waals surface area (Å²) in [6, 6.07) is -0.999. The van der Waals surface area contributed by atoms with Crippen molar-refractivity contribution in [3.8, 4) is 0 Å². The molecule has 0 bridgehead atoms. The van der Waals surface area contributed by atoms with Crippen LogP contribution in [0.2, 0.25) is 0 Å². The number of hydrogen-bond donors (Lipinski definition) is 12. The molecule has 0 aliphatic carbocycles. The highest BCUT2D eigenvalue weighted by Gasteiger charge is 2.53. The molecule has 0 saturated carbocycles. The van der Waals surface area contributed by atoms with Crippen LogP contribution in [0, 0.1) is 0 Å². The van der Waals surface area contributed by atoms with Crippen LogP contribution in [0.15, 0.2) is 72.9 Å². The number of aliphatic hydroxyl groups excluding tert-OH is 11. The van der Waals surface area contributed by atoms with Gasteiger partial charge in [0.2, 0.25) is 5.91 Å². The molecular weight excluding hydrogens is 1150 g/mol. The average Bonchev–Trinajstić information content (AvgIpc) is 0.853. The van der Waals surface area contributed by atoms with Crippen molar-refractivity contribution in [1.82, 2.24) is 5.32 Å². The largest absolute Gasteiger partial charge is 0.394 e. The molecule has 12 N–H and O–H groups in total. The zero-order chi connectivity index (χ0) is 65.4. The molecule has 17 atom stereocenters. The van der Waals surface area contributed by atoms with E-state index in [9.17, 15) is 61.0 Å². The molecule has 3 aliphatic rings. The molecule has 17 unspecified atom stereocenters. The molecule has 3 rings (SSSR count). The fraction of sp³-hybridized carbons (Fsp3) is 0.817. The zero-order valence-corrected chi connectivity index (χ0v) is 55.1. The molecule has 3 heterocycles. The number of carbonyl (C=O) groups excluding carboxylic acids is 1. The van der Waals surface area contributed by atoms with E-state index in [0.29, 0.717) is 12.8 Å². The van der Waals surface area contributed by atoms with Crippen LogP contribution in [0.4, 0.5) is 0 Å². The minimum absolute atomic E-state index is 0.223. The van der Waals surface area contributed by atoms with E-state index in [0.717, 1.165) is 77.0 Å². The Hall–Kier alpha value is -2.77. The van der Waals surface area contributed by atoms with E-state index in [4.69, 9.17) is 28.4 Å². The second kappa shape index (κ2) is 52.5. The quantitative estimate of drug-likeness (QED) is 0.0199. The molecule has 0 aromatic rings. The monoisotopic (exact) mass is 1280 g/mol. The van der Waals surface area contributed by atoms with Crippen molar-refractivity contribution in [3.63, 3.8) is 0 Å². The van der Waals surface area contributed by atoms with Crippen LogP contribution in [0.5, 0.6) is 0 Å². The highest BCUT2D eigenvalue weighted by Crippen LogP contribution is 2.33. The molecule has 19 nitrogen and oxygen atoms in total. The number of amides is 1. The third kappa shape index (κ3) is 34.1. The van der Waals surface area contributed by atoms with E-state index in [1.807, 2.05) is 6.08 Å². The first kappa shape index (κ1) is 81.5. The van der Waals surface area contributed by atoms with E-state index < -0.39 is 124 Å². The van der Waals surface area contributed by atoms with Gasteiger partial charge in [-0.3, -0.25) is 4.79 Å². The summed E-state index contributed by atoms with van der Waals surface area (Å²) in [7, 11) is 0. The minimum atomic E-state index is -1.98. The zero-order valence-electron chi connectivity index (χ0n) is 55.1. The topological polar surface area (TPSA) is 307 Å². The molecule has 90 heavy (non-hydrogen) atoms. The predicted octanol–water partition coefficient (Wildman–Crippen LogP) is 9.33. The molecule has 3 aliphatic heterocycles. The van der Waals surface area contributed by atoms with Gasteiger partial charge in [0.25, 0.3) is 0 Å². The first-order valence-corrected chi connectivity index (χ1v) is 35.2. The Bertz CT molecular complexity index is 1920. The van der Waals surface area contributed by atoms with Gasteiger partial charge in [-0.05, 0) is 70.6 Å². The summed E-state index contributed by atoms with van der Waals surface area (Å²) in [6.45, 7) is 1.60. The van der Waals surface area contributed by atoms with E-state index in [2.05, 4.69) is 79.9 Å². The first-order chi connectivity index (χ1) is 43.8. The summed E-state index contributed by atoms with van der Waals surface area (Å²) in [5.74, 6) is -0.295. The standard InChI is InChI=1S/C71H125NO18/c1-3-5-7-9-11-13-15-17-19-21-23-25-26-27-29-30-32-34-36-38-40-42-44-46-48-55(76)54(72-59(77)49-47-45-43-41-39-37-35-33-31-28-24-22-20-18-16-14-12-10-8-6-4-2)53-85-69-65(83)62(80)67(57(51-74)87-69)90-71-66(84)63(81)68(58(52-75)88-71)89-70-64(82)61(79)60(78)56(50-73)86-70/h6,8,12,14,18,20,24,28,38,40,46,48,54-58,60-71,73-76,78-84H,3-5,7,9-11,13,15-17,19,21-23,25-27,29-37,39,41-45,47,49-53H2,1-2H3,(H,72,77)/b8-6-,14-12-,20-18-,28-24-,40-38+,48-46+. The highest BCUT2D eigenvalue weighted by atomic mass is 16.8. The number of nitrogens with one attached hydrogen (secondary N) is 1. The van der Waals surface area contributed by atoms with Gasteiger partial charge in [0.1, 0.15) is 73.2 Å². The molecule has 522 valence electrons. The average molecular weight is 1280 g/mol. The SMILES string of the molecule is CC/C=C\C/C=C\C/C=C\C/C=C\CCCCCCCCCCC(=O)NC(COC1OC(CO)C(OC2OC(CO)C(OC3OC(CO)C(O)C(O)C3O)C(O)C2O)C(O)C1O)C(O)/C=C/CC/C=C/CCCCCCCCCCCCCCCCCCCC. The lowest BCUT2D eigenvalue weighted by molar-refractivity contribution is -0.379. The van der Waals surface area contributed by atoms with Crippen molar-refractivity contribution < 1.29 is 89.4 Å². The maximum absolute atomic E-state index is 13.4. The summed E-state index contributed by atoms with van der Waals surface area (Å²) in [4.78, 5) is 13.4. The molecule has 1 amide bonds. The lowest BCUT2D eigenvalue weighted by Gasteiger charge is -2.48. The molecular formula is C71H125NO18. The molecule has 0 aromatic carbocycles. The van der Waals surface area contributed by atoms with E-state index in [-0.39, 0.29) is 18.9 Å². The maximum atomic E-state index is 13.4. The Labute approximate surface area is 540 Å². The van der Waals surface area contributed by atoms with Crippen LogP contribution in [0.3, 0.4) is 0 Å². The van der Waals surface area contributed by atoms with Crippen molar-refractivity contribution in [3.05, 3.63) is 72.9 Å². The number of allylic oxidation sites excluding steroid dienone is 11. The van der Waals surface area contributed by atoms with Gasteiger partial charge in [-0.15, -0.1) is 0 Å². The van der Waals surface area contributed by atoms with Gasteiger partial charge >= 0.3 is 0 Å². The summed E-state index contributed by atoms with van der Waals surface area (Å²) < 4.78 is 34.3. The normalized spacial score (nSPS) is 28.5. The molecule has 19 heteroatoms. The van der Waals surface area contributed by atoms with Gasteiger partial charge in [0.15, 0.2) is 18.9 Å². The number of aliphatic hydroxyl groups is 11. The van der Waals surface area contributed by atoms with E-state index >= 15 is 0 Å². The Balaban J connectivity index is 1.46. The van der Waals surface area contributed by atoms with Crippen molar-refractivity contribution in [2.24, 2.45) is 0 Å². The Kier molecular flexibility index (Phi) is 47.5. The molecule has 0 spiro atoms. The molecule has 0 aromatic heterocycles. The van der Waals surface area contributed by atoms with Crippen LogP contribution in [0.25, 0.3) is 0 Å². The fourth-order valence-corrected chi connectivity index (χ4v) is 11.6. The Morgan fingerprint density at radius 1 is 0.411 bits per heavy atom. The van der Waals surface area contributed by atoms with Crippen molar-refractivity contribution in [2.75, 3.05) is 26.4 Å². The lowest BCUT2D eigenvalue weighted by atomic mass is 9.96. The van der Waals surface area contributed by atoms with Crippen LogP contribution in [-0.2, 0) is 33.2 Å². The molecule has 3 fully saturated rings. The predicted molar refractivity (Wildman–Crippen MR) is 351 cm³/mol. The molecule has 0 radical (unpaired) electrons. The van der Waals surface area contributed by atoms with Crippen LogP contribution in [-0.4, -0.2) is 193 Å². The van der Waals surface area contributed by atoms with Crippen molar-refractivity contribution in [2.45, 2.75) is 343 Å². The molecule has 3 saturated heterocycles. The second-order valence-electron chi connectivity index (χ2n) is 25.0. The fourth-order valence-electron chi connectivity index (χ4n) is 11.6. The smallest absolute Gasteiger partial charge is 0.220 e. The highest BCUT2D eigenvalue weighted by molar-refractivity contribution is 5.76. The third-order valence-electron chi connectivity index (χ3n) is 17.2. The number of ether oxygens (including phenoxy) is 6. The van der Waals surface area contributed by atoms with Crippen molar-refractivity contribution >= 4 is 5.91 Å². The number of unbranched alkanes of at least 4 members (excludes halogenated alkanes) is 27. The summed E-state index contributed by atoms with van der Waals surface area (Å²) in [5, 5.41) is 121. The summed E-state index contributed by atoms with van der Waals surface area (Å²) in [5.41, 5.74) is 0. The van der Waals surface area contributed by atoms with Crippen LogP contribution in [0.1, 0.15) is 239 Å². The van der Waals surface area contributed by atoms with Gasteiger partial charge in [-0.2, -0.15) is 0 Å². The van der Waals surface area contributed by atoms with E-state index in [1.165, 1.54) is 128 Å². The van der Waals surface area contributed by atoms with Crippen LogP contribution < -0.4 is 5.32 Å². The minimum Gasteiger partial charge on any atom is -0.394 e. The first-order valence-electron chi connectivity index (χ1n) is 35.2. The van der Waals surface area contributed by atoms with Crippen molar-refractivity contribution in [1.29, 1.82) is 0 Å². The van der Waals surface area contributed by atoms with Gasteiger partial charge < -0.3 is 89.9 Å². The third-order valence-corrected chi connectivity index (χ3v) is 17.2. The van der Waals surface area contributed by atoms with Gasteiger partial charge in [0, 0.05) is 6.42 Å². The number of hydrogen-bond acceptors (Lipinski definition) is 18. The van der Waals surface area contributed by atoms with Crippen LogP contribution >= 0.6 is 0 Å². The second-order valence-corrected chi connectivity index (χ2v) is 25.0. The number of rotatable bonds is 53. The summed E-state index contributed by atoms with van der Waals surface area (Å²) >= 11 is 0. The lowest BCUT2D eigenvalue weighted by Crippen LogP contribution is -2.66.